The topological polar surface area (TPSA) is 35.2 Å². The number of unbranched alkanes of at least 4 members (excludes halogenated alkanes) is 3. The van der Waals surface area contributed by atoms with E-state index < -0.39 is 0 Å². The Kier molecular flexibility index (Phi) is 8.04. The first-order valence-electron chi connectivity index (χ1n) is 3.69. The summed E-state index contributed by atoms with van der Waals surface area (Å²) in [5, 5.41) is 0. The average Bonchev–Trinajstić information content (AvgIpc) is 1.97. The average molecular weight is 141 g/mol. The first-order valence-corrected chi connectivity index (χ1v) is 3.69. The predicted octanol–water partition coefficient (Wildman–Crippen LogP) is 1.46. The molecule has 0 radical (unpaired) electrons. The second kappa shape index (κ2) is 8.48. The van der Waals surface area contributed by atoms with Gasteiger partial charge in [-0.15, -0.1) is 5.92 Å². The molecular weight excluding hydrogens is 126 g/mol. The highest BCUT2D eigenvalue weighted by molar-refractivity contribution is 4.98. The molecular formula is C8H15NO. The van der Waals surface area contributed by atoms with Crippen LogP contribution >= 0.6 is 0 Å². The van der Waals surface area contributed by atoms with Crippen LogP contribution in [0.5, 0.6) is 0 Å². The van der Waals surface area contributed by atoms with Gasteiger partial charge >= 0.3 is 0 Å². The van der Waals surface area contributed by atoms with Crippen LogP contribution in [0.2, 0.25) is 0 Å². The molecule has 0 aromatic rings. The van der Waals surface area contributed by atoms with E-state index in [0.29, 0.717) is 6.61 Å². The van der Waals surface area contributed by atoms with Gasteiger partial charge in [0.15, 0.2) is 0 Å². The van der Waals surface area contributed by atoms with Gasteiger partial charge < -0.3 is 0 Å². The number of hydrogen-bond acceptors (Lipinski definition) is 2. The lowest BCUT2D eigenvalue weighted by Gasteiger charge is -1.88. The Labute approximate surface area is 62.7 Å². The molecule has 0 unspecified atom stereocenters. The van der Waals surface area contributed by atoms with Gasteiger partial charge in [-0.3, -0.25) is 4.84 Å². The molecule has 0 aromatic heterocycles. The van der Waals surface area contributed by atoms with Gasteiger partial charge in [-0.25, -0.2) is 5.90 Å². The van der Waals surface area contributed by atoms with Crippen molar-refractivity contribution < 1.29 is 4.84 Å². The third-order valence-electron chi connectivity index (χ3n) is 1.19. The fourth-order valence-corrected chi connectivity index (χ4v) is 0.644. The molecule has 0 aliphatic carbocycles. The molecule has 0 saturated heterocycles. The Morgan fingerprint density at radius 3 is 2.70 bits per heavy atom. The van der Waals surface area contributed by atoms with E-state index in [2.05, 4.69) is 23.6 Å². The minimum atomic E-state index is 0.353. The quantitative estimate of drug-likeness (QED) is 0.365. The van der Waals surface area contributed by atoms with Crippen LogP contribution in [-0.2, 0) is 4.84 Å². The highest BCUT2D eigenvalue weighted by Crippen LogP contribution is 1.96. The molecule has 2 nitrogen and oxygen atoms in total. The van der Waals surface area contributed by atoms with E-state index in [1.54, 1.807) is 0 Å². The van der Waals surface area contributed by atoms with E-state index in [0.717, 1.165) is 6.42 Å². The van der Waals surface area contributed by atoms with Gasteiger partial charge in [0, 0.05) is 6.42 Å². The van der Waals surface area contributed by atoms with E-state index in [1.165, 1.54) is 19.3 Å². The molecule has 0 saturated carbocycles. The summed E-state index contributed by atoms with van der Waals surface area (Å²) in [6, 6.07) is 0. The van der Waals surface area contributed by atoms with Crippen molar-refractivity contribution in [3.63, 3.8) is 0 Å². The molecule has 0 aliphatic rings. The molecule has 0 amide bonds. The van der Waals surface area contributed by atoms with Gasteiger partial charge in [0.05, 0.1) is 0 Å². The Balaban J connectivity index is 2.96. The van der Waals surface area contributed by atoms with Crippen molar-refractivity contribution in [2.45, 2.75) is 32.6 Å². The van der Waals surface area contributed by atoms with Gasteiger partial charge in [0.25, 0.3) is 0 Å². The van der Waals surface area contributed by atoms with E-state index in [-0.39, 0.29) is 0 Å². The van der Waals surface area contributed by atoms with Gasteiger partial charge in [-0.05, 0) is 6.42 Å². The van der Waals surface area contributed by atoms with Crippen molar-refractivity contribution in [1.82, 2.24) is 0 Å². The smallest absolute Gasteiger partial charge is 0.128 e. The van der Waals surface area contributed by atoms with Crippen LogP contribution in [-0.4, -0.2) is 6.61 Å². The molecule has 0 heterocycles. The van der Waals surface area contributed by atoms with Crippen molar-refractivity contribution in [2.24, 2.45) is 5.90 Å². The second-order valence-corrected chi connectivity index (χ2v) is 2.12. The zero-order valence-electron chi connectivity index (χ0n) is 6.52. The van der Waals surface area contributed by atoms with Crippen LogP contribution in [0.3, 0.4) is 0 Å². The minimum Gasteiger partial charge on any atom is -0.292 e. The SMILES string of the molecule is CCCCCC#CCON. The molecule has 0 spiro atoms. The predicted molar refractivity (Wildman–Crippen MR) is 42.1 cm³/mol. The van der Waals surface area contributed by atoms with E-state index in [9.17, 15) is 0 Å². The molecule has 0 atom stereocenters. The normalized spacial score (nSPS) is 8.60. The summed E-state index contributed by atoms with van der Waals surface area (Å²) < 4.78 is 0. The van der Waals surface area contributed by atoms with Crippen molar-refractivity contribution >= 4 is 0 Å². The zero-order chi connectivity index (χ0) is 7.66. The van der Waals surface area contributed by atoms with Crippen LogP contribution in [0.25, 0.3) is 0 Å². The summed E-state index contributed by atoms with van der Waals surface area (Å²) in [5.41, 5.74) is 0. The van der Waals surface area contributed by atoms with Gasteiger partial charge in [0.1, 0.15) is 6.61 Å². The lowest BCUT2D eigenvalue weighted by molar-refractivity contribution is 0.173. The largest absolute Gasteiger partial charge is 0.292 e. The van der Waals surface area contributed by atoms with Gasteiger partial charge in [-0.1, -0.05) is 25.7 Å². The zero-order valence-corrected chi connectivity index (χ0v) is 6.52. The Hall–Kier alpha value is -0.520. The summed E-state index contributed by atoms with van der Waals surface area (Å²) in [6.07, 6.45) is 4.67. The highest BCUT2D eigenvalue weighted by Gasteiger charge is 1.79. The van der Waals surface area contributed by atoms with E-state index in [1.807, 2.05) is 0 Å². The lowest BCUT2D eigenvalue weighted by Crippen LogP contribution is -1.97. The van der Waals surface area contributed by atoms with Crippen molar-refractivity contribution in [1.29, 1.82) is 0 Å². The van der Waals surface area contributed by atoms with Crippen molar-refractivity contribution in [3.8, 4) is 11.8 Å². The highest BCUT2D eigenvalue weighted by atomic mass is 16.6. The maximum Gasteiger partial charge on any atom is 0.128 e. The van der Waals surface area contributed by atoms with Crippen LogP contribution in [0.15, 0.2) is 0 Å². The third kappa shape index (κ3) is 7.48. The molecule has 2 heteroatoms. The standard InChI is InChI=1S/C8H15NO/c1-2-3-4-5-6-7-8-10-9/h2-5,8-9H2,1H3. The Morgan fingerprint density at radius 1 is 1.30 bits per heavy atom. The first-order chi connectivity index (χ1) is 4.91. The maximum absolute atomic E-state index is 4.77. The van der Waals surface area contributed by atoms with Crippen molar-refractivity contribution in [2.75, 3.05) is 6.61 Å². The number of hydrogen-bond donors (Lipinski definition) is 1. The second-order valence-electron chi connectivity index (χ2n) is 2.12. The molecule has 2 N–H and O–H groups in total. The summed E-state index contributed by atoms with van der Waals surface area (Å²) in [6.45, 7) is 2.53. The van der Waals surface area contributed by atoms with Crippen molar-refractivity contribution in [3.05, 3.63) is 0 Å². The van der Waals surface area contributed by atoms with Crippen LogP contribution in [0.4, 0.5) is 0 Å². The van der Waals surface area contributed by atoms with Crippen LogP contribution in [0, 0.1) is 11.8 Å². The molecule has 0 rings (SSSR count). The molecule has 0 bridgehead atoms. The molecule has 58 valence electrons. The molecule has 0 aliphatic heterocycles. The molecule has 0 aromatic carbocycles. The lowest BCUT2D eigenvalue weighted by atomic mass is 10.2. The number of nitrogens with two attached hydrogens (primary N) is 1. The summed E-state index contributed by atoms with van der Waals surface area (Å²) in [5.74, 6) is 10.5. The summed E-state index contributed by atoms with van der Waals surface area (Å²) in [4.78, 5) is 4.27. The summed E-state index contributed by atoms with van der Waals surface area (Å²) in [7, 11) is 0. The van der Waals surface area contributed by atoms with E-state index in [4.69, 9.17) is 5.90 Å². The Bertz CT molecular complexity index is 112. The monoisotopic (exact) mass is 141 g/mol. The minimum absolute atomic E-state index is 0.353. The van der Waals surface area contributed by atoms with Crippen LogP contribution < -0.4 is 5.90 Å². The molecule has 10 heavy (non-hydrogen) atoms. The van der Waals surface area contributed by atoms with Crippen LogP contribution in [0.1, 0.15) is 32.6 Å². The molecule has 0 fully saturated rings. The Morgan fingerprint density at radius 2 is 2.10 bits per heavy atom. The first kappa shape index (κ1) is 9.48. The van der Waals surface area contributed by atoms with Gasteiger partial charge in [-0.2, -0.15) is 0 Å². The van der Waals surface area contributed by atoms with E-state index >= 15 is 0 Å². The number of rotatable bonds is 4. The van der Waals surface area contributed by atoms with Gasteiger partial charge in [0.2, 0.25) is 0 Å². The fraction of sp³-hybridized carbons (Fsp3) is 0.750. The summed E-state index contributed by atoms with van der Waals surface area (Å²) >= 11 is 0. The third-order valence-corrected chi connectivity index (χ3v) is 1.19. The fourth-order valence-electron chi connectivity index (χ4n) is 0.644. The maximum atomic E-state index is 4.77.